The molecule has 1 aliphatic heterocycles. The average molecular weight is 284 g/mol. The summed E-state index contributed by atoms with van der Waals surface area (Å²) in [6.45, 7) is 1.97. The highest BCUT2D eigenvalue weighted by molar-refractivity contribution is 5.84. The Balaban J connectivity index is 1.33. The van der Waals surface area contributed by atoms with Crippen molar-refractivity contribution in [2.24, 2.45) is 11.8 Å². The molecule has 0 radical (unpaired) electrons. The minimum absolute atomic E-state index is 0.241. The van der Waals surface area contributed by atoms with Gasteiger partial charge in [-0.15, -0.1) is 0 Å². The van der Waals surface area contributed by atoms with Crippen molar-refractivity contribution < 1.29 is 4.79 Å². The molecule has 0 spiro atoms. The summed E-state index contributed by atoms with van der Waals surface area (Å²) >= 11 is 0. The van der Waals surface area contributed by atoms with Gasteiger partial charge >= 0.3 is 0 Å². The van der Waals surface area contributed by atoms with Crippen LogP contribution in [0.5, 0.6) is 0 Å². The zero-order valence-corrected chi connectivity index (χ0v) is 12.5. The molecule has 1 saturated heterocycles. The highest BCUT2D eigenvalue weighted by Crippen LogP contribution is 2.59. The molecule has 4 atom stereocenters. The first kappa shape index (κ1) is 13.3. The van der Waals surface area contributed by atoms with Crippen molar-refractivity contribution in [2.45, 2.75) is 44.1 Å². The molecule has 4 rings (SSSR count). The Bertz CT molecular complexity index is 536. The van der Waals surface area contributed by atoms with E-state index in [1.807, 2.05) is 0 Å². The predicted octanol–water partition coefficient (Wildman–Crippen LogP) is 2.22. The van der Waals surface area contributed by atoms with E-state index in [0.29, 0.717) is 23.8 Å². The lowest BCUT2D eigenvalue weighted by Crippen LogP contribution is -2.31. The van der Waals surface area contributed by atoms with Crippen molar-refractivity contribution in [1.82, 2.24) is 10.6 Å². The number of amides is 1. The third-order valence-corrected chi connectivity index (χ3v) is 5.59. The highest BCUT2D eigenvalue weighted by Gasteiger charge is 2.56. The maximum atomic E-state index is 12.4. The van der Waals surface area contributed by atoms with Crippen LogP contribution in [0.1, 0.15) is 42.7 Å². The van der Waals surface area contributed by atoms with E-state index in [4.69, 9.17) is 0 Å². The second-order valence-corrected chi connectivity index (χ2v) is 6.83. The molecule has 1 saturated carbocycles. The fourth-order valence-electron chi connectivity index (χ4n) is 4.41. The monoisotopic (exact) mass is 284 g/mol. The van der Waals surface area contributed by atoms with Crippen molar-refractivity contribution in [2.75, 3.05) is 13.1 Å². The molecule has 3 aliphatic rings. The molecule has 1 amide bonds. The minimum Gasteiger partial charge on any atom is -0.356 e. The molecule has 3 nitrogen and oxygen atoms in total. The Morgan fingerprint density at radius 1 is 1.29 bits per heavy atom. The first-order valence-corrected chi connectivity index (χ1v) is 8.43. The topological polar surface area (TPSA) is 41.1 Å². The fraction of sp³-hybridized carbons (Fsp3) is 0.611. The van der Waals surface area contributed by atoms with E-state index in [9.17, 15) is 4.79 Å². The van der Waals surface area contributed by atoms with Gasteiger partial charge < -0.3 is 10.6 Å². The van der Waals surface area contributed by atoms with Crippen LogP contribution in [0.4, 0.5) is 0 Å². The maximum absolute atomic E-state index is 12.4. The maximum Gasteiger partial charge on any atom is 0.224 e. The molecular formula is C18H24N2O. The molecule has 112 valence electrons. The van der Waals surface area contributed by atoms with Crippen LogP contribution >= 0.6 is 0 Å². The van der Waals surface area contributed by atoms with Crippen LogP contribution in [-0.2, 0) is 11.2 Å². The summed E-state index contributed by atoms with van der Waals surface area (Å²) in [6, 6.07) is 9.30. The largest absolute Gasteiger partial charge is 0.356 e. The molecule has 2 aliphatic carbocycles. The summed E-state index contributed by atoms with van der Waals surface area (Å²) in [7, 11) is 0. The Hall–Kier alpha value is -1.35. The van der Waals surface area contributed by atoms with Gasteiger partial charge in [-0.1, -0.05) is 24.3 Å². The number of hydrogen-bond donors (Lipinski definition) is 2. The molecule has 4 unspecified atom stereocenters. The van der Waals surface area contributed by atoms with Gasteiger partial charge in [-0.2, -0.15) is 0 Å². The van der Waals surface area contributed by atoms with Crippen LogP contribution in [0.15, 0.2) is 24.3 Å². The Labute approximate surface area is 126 Å². The van der Waals surface area contributed by atoms with E-state index in [0.717, 1.165) is 25.9 Å². The van der Waals surface area contributed by atoms with Crippen molar-refractivity contribution in [3.05, 3.63) is 35.4 Å². The van der Waals surface area contributed by atoms with Crippen LogP contribution < -0.4 is 10.6 Å². The molecular weight excluding hydrogens is 260 g/mol. The predicted molar refractivity (Wildman–Crippen MR) is 83.1 cm³/mol. The number of nitrogens with one attached hydrogen (secondary N) is 2. The fourth-order valence-corrected chi connectivity index (χ4v) is 4.41. The third-order valence-electron chi connectivity index (χ3n) is 5.59. The quantitative estimate of drug-likeness (QED) is 0.890. The second kappa shape index (κ2) is 5.45. The van der Waals surface area contributed by atoms with Gasteiger partial charge in [0.05, 0.1) is 0 Å². The van der Waals surface area contributed by atoms with Crippen molar-refractivity contribution in [1.29, 1.82) is 0 Å². The van der Waals surface area contributed by atoms with Gasteiger partial charge in [-0.05, 0) is 61.6 Å². The smallest absolute Gasteiger partial charge is 0.224 e. The van der Waals surface area contributed by atoms with E-state index in [-0.39, 0.29) is 5.92 Å². The lowest BCUT2D eigenvalue weighted by atomic mass is 9.92. The second-order valence-electron chi connectivity index (χ2n) is 6.83. The van der Waals surface area contributed by atoms with Crippen LogP contribution in [0.3, 0.4) is 0 Å². The zero-order valence-electron chi connectivity index (χ0n) is 12.5. The standard InChI is InChI=1S/C18H24N2O/c21-18(20-11-9-13-5-3-10-19-13)17-15-8-7-12-4-1-2-6-14(12)16(15)17/h1-2,4,6,13,15-17,19H,3,5,7-11H2,(H,20,21). The highest BCUT2D eigenvalue weighted by atomic mass is 16.2. The van der Waals surface area contributed by atoms with E-state index < -0.39 is 0 Å². The van der Waals surface area contributed by atoms with Gasteiger partial charge in [0.1, 0.15) is 0 Å². The van der Waals surface area contributed by atoms with Gasteiger partial charge in [-0.3, -0.25) is 4.79 Å². The lowest BCUT2D eigenvalue weighted by molar-refractivity contribution is -0.122. The summed E-state index contributed by atoms with van der Waals surface area (Å²) in [5.74, 6) is 1.63. The molecule has 1 aromatic carbocycles. The summed E-state index contributed by atoms with van der Waals surface area (Å²) in [5, 5.41) is 6.67. The summed E-state index contributed by atoms with van der Waals surface area (Å²) < 4.78 is 0. The third kappa shape index (κ3) is 2.48. The van der Waals surface area contributed by atoms with Crippen LogP contribution in [0.2, 0.25) is 0 Å². The van der Waals surface area contributed by atoms with Gasteiger partial charge in [0.2, 0.25) is 5.91 Å². The number of carbonyl (C=O) groups excluding carboxylic acids is 1. The van der Waals surface area contributed by atoms with Crippen molar-refractivity contribution >= 4 is 5.91 Å². The van der Waals surface area contributed by atoms with Crippen molar-refractivity contribution in [3.63, 3.8) is 0 Å². The summed E-state index contributed by atoms with van der Waals surface area (Å²) in [5.41, 5.74) is 2.90. The molecule has 1 aromatic rings. The number of aryl methyl sites for hydroxylation is 1. The Morgan fingerprint density at radius 2 is 2.19 bits per heavy atom. The van der Waals surface area contributed by atoms with E-state index >= 15 is 0 Å². The zero-order chi connectivity index (χ0) is 14.2. The van der Waals surface area contributed by atoms with Crippen LogP contribution in [0, 0.1) is 11.8 Å². The summed E-state index contributed by atoms with van der Waals surface area (Å²) in [4.78, 5) is 12.4. The SMILES string of the molecule is O=C(NCCC1CCCN1)C1C2CCc3ccccc3C21. The lowest BCUT2D eigenvalue weighted by Gasteiger charge is -2.13. The molecule has 1 heterocycles. The van der Waals surface area contributed by atoms with E-state index in [2.05, 4.69) is 34.9 Å². The molecule has 0 bridgehead atoms. The van der Waals surface area contributed by atoms with Gasteiger partial charge in [0.15, 0.2) is 0 Å². The average Bonchev–Trinajstić information content (AvgIpc) is 3.04. The van der Waals surface area contributed by atoms with Crippen molar-refractivity contribution in [3.8, 4) is 0 Å². The molecule has 0 aromatic heterocycles. The Morgan fingerprint density at radius 3 is 3.05 bits per heavy atom. The normalized spacial score (nSPS) is 33.1. The molecule has 3 heteroatoms. The molecule has 2 N–H and O–H groups in total. The first-order valence-electron chi connectivity index (χ1n) is 8.43. The van der Waals surface area contributed by atoms with E-state index in [1.165, 1.54) is 30.4 Å². The van der Waals surface area contributed by atoms with Crippen LogP contribution in [-0.4, -0.2) is 25.0 Å². The minimum atomic E-state index is 0.241. The van der Waals surface area contributed by atoms with E-state index in [1.54, 1.807) is 0 Å². The van der Waals surface area contributed by atoms with Crippen LogP contribution in [0.25, 0.3) is 0 Å². The first-order chi connectivity index (χ1) is 10.3. The summed E-state index contributed by atoms with van der Waals surface area (Å²) in [6.07, 6.45) is 5.95. The number of fused-ring (bicyclic) bond motifs is 3. The Kier molecular flexibility index (Phi) is 3.46. The van der Waals surface area contributed by atoms with Gasteiger partial charge in [0.25, 0.3) is 0 Å². The number of benzene rings is 1. The number of hydrogen-bond acceptors (Lipinski definition) is 2. The van der Waals surface area contributed by atoms with Gasteiger partial charge in [0, 0.05) is 18.5 Å². The number of rotatable bonds is 4. The van der Waals surface area contributed by atoms with Gasteiger partial charge in [-0.25, -0.2) is 0 Å². The molecule has 2 fully saturated rings. The number of carbonyl (C=O) groups is 1. The molecule has 21 heavy (non-hydrogen) atoms.